The van der Waals surface area contributed by atoms with E-state index in [4.69, 9.17) is 10.5 Å². The Hall–Kier alpha value is -0.120. The van der Waals surface area contributed by atoms with Gasteiger partial charge in [0.1, 0.15) is 0 Å². The molecule has 2 aliphatic carbocycles. The first-order chi connectivity index (χ1) is 8.75. The predicted octanol–water partition coefficient (Wildman–Crippen LogP) is 2.54. The molecule has 0 amide bonds. The fourth-order valence-corrected chi connectivity index (χ4v) is 4.03. The van der Waals surface area contributed by atoms with Crippen molar-refractivity contribution in [1.29, 1.82) is 0 Å². The Balaban J connectivity index is 1.96. The minimum atomic E-state index is 0.247. The second kappa shape index (κ2) is 6.36. The van der Waals surface area contributed by atoms with Crippen LogP contribution in [0.1, 0.15) is 58.8 Å². The first kappa shape index (κ1) is 14.3. The number of hydrogen-bond donors (Lipinski definition) is 1. The van der Waals surface area contributed by atoms with Gasteiger partial charge in [-0.05, 0) is 39.2 Å². The summed E-state index contributed by atoms with van der Waals surface area (Å²) >= 11 is 0. The average molecular weight is 254 g/mol. The lowest BCUT2D eigenvalue weighted by atomic mass is 9.71. The van der Waals surface area contributed by atoms with Crippen LogP contribution in [0.15, 0.2) is 0 Å². The third kappa shape index (κ3) is 2.73. The van der Waals surface area contributed by atoms with E-state index < -0.39 is 0 Å². The van der Waals surface area contributed by atoms with Gasteiger partial charge in [-0.1, -0.05) is 26.2 Å². The van der Waals surface area contributed by atoms with Crippen molar-refractivity contribution in [2.75, 3.05) is 19.7 Å². The van der Waals surface area contributed by atoms with Crippen LogP contribution in [0.5, 0.6) is 0 Å². The zero-order valence-corrected chi connectivity index (χ0v) is 12.2. The summed E-state index contributed by atoms with van der Waals surface area (Å²) in [5.41, 5.74) is 6.36. The molecule has 0 aromatic heterocycles. The molecule has 2 rings (SSSR count). The van der Waals surface area contributed by atoms with Crippen molar-refractivity contribution in [3.05, 3.63) is 0 Å². The van der Waals surface area contributed by atoms with Gasteiger partial charge in [0.05, 0.1) is 6.10 Å². The number of nitrogens with two attached hydrogens (primary N) is 1. The van der Waals surface area contributed by atoms with E-state index in [2.05, 4.69) is 18.7 Å². The van der Waals surface area contributed by atoms with Gasteiger partial charge >= 0.3 is 0 Å². The van der Waals surface area contributed by atoms with Crippen LogP contribution in [0.25, 0.3) is 0 Å². The number of hydrogen-bond acceptors (Lipinski definition) is 3. The molecule has 0 aliphatic heterocycles. The molecule has 0 heterocycles. The van der Waals surface area contributed by atoms with Crippen molar-refractivity contribution in [2.45, 2.75) is 76.5 Å². The fraction of sp³-hybridized carbons (Fsp3) is 1.00. The molecule has 0 aromatic rings. The van der Waals surface area contributed by atoms with E-state index in [1.54, 1.807) is 0 Å². The summed E-state index contributed by atoms with van der Waals surface area (Å²) in [6.07, 6.45) is 9.70. The molecular weight excluding hydrogens is 224 g/mol. The highest BCUT2D eigenvalue weighted by Gasteiger charge is 2.49. The molecule has 0 saturated heterocycles. The summed E-state index contributed by atoms with van der Waals surface area (Å²) < 4.78 is 5.73. The monoisotopic (exact) mass is 254 g/mol. The van der Waals surface area contributed by atoms with Crippen molar-refractivity contribution in [2.24, 2.45) is 5.73 Å². The summed E-state index contributed by atoms with van der Waals surface area (Å²) in [5.74, 6) is 0. The molecule has 3 nitrogen and oxygen atoms in total. The standard InChI is InChI=1S/C15H30N2O/c1-3-17(13-8-6-5-7-9-13)15(12-16)10-14(11-15)18-4-2/h13-14H,3-12,16H2,1-2H3. The Morgan fingerprint density at radius 1 is 1.17 bits per heavy atom. The molecule has 2 fully saturated rings. The molecule has 2 saturated carbocycles. The van der Waals surface area contributed by atoms with E-state index >= 15 is 0 Å². The van der Waals surface area contributed by atoms with Gasteiger partial charge < -0.3 is 10.5 Å². The van der Waals surface area contributed by atoms with Gasteiger partial charge in [-0.25, -0.2) is 0 Å². The Morgan fingerprint density at radius 3 is 2.33 bits per heavy atom. The van der Waals surface area contributed by atoms with Gasteiger partial charge in [-0.2, -0.15) is 0 Å². The van der Waals surface area contributed by atoms with Gasteiger partial charge in [0.2, 0.25) is 0 Å². The van der Waals surface area contributed by atoms with Crippen LogP contribution in [0.2, 0.25) is 0 Å². The SMILES string of the molecule is CCOC1CC(CN)(N(CC)C2CCCCC2)C1. The van der Waals surface area contributed by atoms with Gasteiger partial charge in [-0.3, -0.25) is 4.90 Å². The van der Waals surface area contributed by atoms with Crippen LogP contribution in [-0.4, -0.2) is 42.3 Å². The van der Waals surface area contributed by atoms with Gasteiger partial charge in [0, 0.05) is 24.7 Å². The molecule has 0 bridgehead atoms. The predicted molar refractivity (Wildman–Crippen MR) is 75.7 cm³/mol. The lowest BCUT2D eigenvalue weighted by molar-refractivity contribution is -0.115. The molecule has 0 unspecified atom stereocenters. The van der Waals surface area contributed by atoms with E-state index in [1.165, 1.54) is 32.1 Å². The zero-order valence-electron chi connectivity index (χ0n) is 12.2. The van der Waals surface area contributed by atoms with Crippen molar-refractivity contribution in [3.8, 4) is 0 Å². The van der Waals surface area contributed by atoms with E-state index in [0.29, 0.717) is 6.10 Å². The van der Waals surface area contributed by atoms with E-state index in [1.807, 2.05) is 0 Å². The largest absolute Gasteiger partial charge is 0.378 e. The molecule has 0 radical (unpaired) electrons. The molecule has 2 aliphatic rings. The topological polar surface area (TPSA) is 38.5 Å². The molecule has 3 heteroatoms. The van der Waals surface area contributed by atoms with Crippen LogP contribution < -0.4 is 5.73 Å². The Bertz CT molecular complexity index is 245. The normalized spacial score (nSPS) is 33.7. The van der Waals surface area contributed by atoms with Crippen molar-refractivity contribution in [1.82, 2.24) is 4.90 Å². The first-order valence-electron chi connectivity index (χ1n) is 7.84. The van der Waals surface area contributed by atoms with Crippen LogP contribution >= 0.6 is 0 Å². The minimum Gasteiger partial charge on any atom is -0.378 e. The second-order valence-corrected chi connectivity index (χ2v) is 5.99. The maximum Gasteiger partial charge on any atom is 0.0611 e. The molecule has 18 heavy (non-hydrogen) atoms. The van der Waals surface area contributed by atoms with Gasteiger partial charge in [-0.15, -0.1) is 0 Å². The highest BCUT2D eigenvalue weighted by molar-refractivity contribution is 5.06. The maximum atomic E-state index is 6.11. The van der Waals surface area contributed by atoms with E-state index in [-0.39, 0.29) is 5.54 Å². The highest BCUT2D eigenvalue weighted by atomic mass is 16.5. The van der Waals surface area contributed by atoms with Crippen LogP contribution in [-0.2, 0) is 4.74 Å². The summed E-state index contributed by atoms with van der Waals surface area (Å²) in [6.45, 7) is 7.14. The molecular formula is C15H30N2O. The fourth-order valence-electron chi connectivity index (χ4n) is 4.03. The molecule has 106 valence electrons. The van der Waals surface area contributed by atoms with E-state index in [0.717, 1.165) is 38.6 Å². The molecule has 0 spiro atoms. The molecule has 2 N–H and O–H groups in total. The molecule has 0 atom stereocenters. The summed E-state index contributed by atoms with van der Waals surface area (Å²) in [7, 11) is 0. The van der Waals surface area contributed by atoms with Crippen LogP contribution in [0.3, 0.4) is 0 Å². The van der Waals surface area contributed by atoms with Crippen molar-refractivity contribution in [3.63, 3.8) is 0 Å². The lowest BCUT2D eigenvalue weighted by Crippen LogP contribution is -2.66. The Morgan fingerprint density at radius 2 is 1.83 bits per heavy atom. The minimum absolute atomic E-state index is 0.247. The van der Waals surface area contributed by atoms with Crippen LogP contribution in [0, 0.1) is 0 Å². The lowest BCUT2D eigenvalue weighted by Gasteiger charge is -2.56. The summed E-state index contributed by atoms with van der Waals surface area (Å²) in [4.78, 5) is 2.71. The number of nitrogens with zero attached hydrogens (tertiary/aromatic N) is 1. The van der Waals surface area contributed by atoms with Crippen molar-refractivity contribution < 1.29 is 4.74 Å². The van der Waals surface area contributed by atoms with Gasteiger partial charge in [0.25, 0.3) is 0 Å². The first-order valence-corrected chi connectivity index (χ1v) is 7.84. The third-order valence-electron chi connectivity index (χ3n) is 4.96. The summed E-state index contributed by atoms with van der Waals surface area (Å²) in [5, 5.41) is 0. The third-order valence-corrected chi connectivity index (χ3v) is 4.96. The van der Waals surface area contributed by atoms with Gasteiger partial charge in [0.15, 0.2) is 0 Å². The number of likely N-dealkylation sites (N-methyl/N-ethyl adjacent to an activating group) is 1. The average Bonchev–Trinajstić information content (AvgIpc) is 2.37. The van der Waals surface area contributed by atoms with Crippen LogP contribution in [0.4, 0.5) is 0 Å². The Kier molecular flexibility index (Phi) is 5.05. The highest BCUT2D eigenvalue weighted by Crippen LogP contribution is 2.42. The van der Waals surface area contributed by atoms with E-state index in [9.17, 15) is 0 Å². The number of ether oxygens (including phenoxy) is 1. The second-order valence-electron chi connectivity index (χ2n) is 5.99. The maximum absolute atomic E-state index is 6.11. The smallest absolute Gasteiger partial charge is 0.0611 e. The quantitative estimate of drug-likeness (QED) is 0.791. The van der Waals surface area contributed by atoms with Crippen molar-refractivity contribution >= 4 is 0 Å². The molecule has 0 aromatic carbocycles. The Labute approximate surface area is 112 Å². The zero-order chi connectivity index (χ0) is 13.0. The summed E-state index contributed by atoms with van der Waals surface area (Å²) in [6, 6.07) is 0.773. The number of rotatable bonds is 6.